The van der Waals surface area contributed by atoms with E-state index in [2.05, 4.69) is 16.9 Å². The Morgan fingerprint density at radius 1 is 1.25 bits per heavy atom. The third-order valence-electron chi connectivity index (χ3n) is 3.91. The van der Waals surface area contributed by atoms with Crippen molar-refractivity contribution in [3.63, 3.8) is 0 Å². The van der Waals surface area contributed by atoms with Gasteiger partial charge in [-0.25, -0.2) is 4.79 Å². The number of rotatable bonds is 9. The van der Waals surface area contributed by atoms with Crippen LogP contribution in [0.5, 0.6) is 0 Å². The summed E-state index contributed by atoms with van der Waals surface area (Å²) in [5.41, 5.74) is -0.0668. The predicted octanol–water partition coefficient (Wildman–Crippen LogP) is 2.46. The highest BCUT2D eigenvalue weighted by Gasteiger charge is 2.41. The Hall–Kier alpha value is -0.910. The molecule has 3 N–H and O–H groups in total. The third-order valence-corrected chi connectivity index (χ3v) is 5.33. The zero-order chi connectivity index (χ0) is 15.2. The lowest BCUT2D eigenvalue weighted by Crippen LogP contribution is -2.40. The first-order valence-corrected chi connectivity index (χ1v) is 8.30. The number of thioether (sulfide) groups is 1. The van der Waals surface area contributed by atoms with Crippen LogP contribution in [0, 0.1) is 5.41 Å². The summed E-state index contributed by atoms with van der Waals surface area (Å²) < 4.78 is 0.276. The van der Waals surface area contributed by atoms with Crippen LogP contribution in [0.3, 0.4) is 0 Å². The summed E-state index contributed by atoms with van der Waals surface area (Å²) in [7, 11) is 0. The largest absolute Gasteiger partial charge is 0.481 e. The van der Waals surface area contributed by atoms with Gasteiger partial charge in [-0.15, -0.1) is 0 Å². The first-order valence-electron chi connectivity index (χ1n) is 7.07. The molecule has 0 radical (unpaired) electrons. The van der Waals surface area contributed by atoms with Gasteiger partial charge >= 0.3 is 12.0 Å². The number of carboxylic acids is 1. The fourth-order valence-corrected chi connectivity index (χ4v) is 2.71. The second-order valence-electron chi connectivity index (χ2n) is 6.30. The second kappa shape index (κ2) is 7.20. The zero-order valence-corrected chi connectivity index (χ0v) is 13.4. The predicted molar refractivity (Wildman–Crippen MR) is 82.1 cm³/mol. The lowest BCUT2D eigenvalue weighted by Gasteiger charge is -2.24. The van der Waals surface area contributed by atoms with E-state index < -0.39 is 5.97 Å². The van der Waals surface area contributed by atoms with E-state index in [0.29, 0.717) is 13.0 Å². The molecule has 2 amide bonds. The van der Waals surface area contributed by atoms with Crippen LogP contribution in [0.1, 0.15) is 46.0 Å². The molecule has 1 fully saturated rings. The normalized spacial score (nSPS) is 16.6. The van der Waals surface area contributed by atoms with Crippen LogP contribution in [-0.2, 0) is 4.79 Å². The van der Waals surface area contributed by atoms with E-state index in [1.165, 1.54) is 12.8 Å². The van der Waals surface area contributed by atoms with Crippen molar-refractivity contribution in [2.24, 2.45) is 5.41 Å². The van der Waals surface area contributed by atoms with Gasteiger partial charge in [0, 0.05) is 24.3 Å². The van der Waals surface area contributed by atoms with Crippen LogP contribution >= 0.6 is 11.8 Å². The topological polar surface area (TPSA) is 78.4 Å². The van der Waals surface area contributed by atoms with Crippen molar-refractivity contribution in [1.82, 2.24) is 10.6 Å². The van der Waals surface area contributed by atoms with E-state index >= 15 is 0 Å². The van der Waals surface area contributed by atoms with Crippen LogP contribution in [0.15, 0.2) is 0 Å². The Kier molecular flexibility index (Phi) is 6.17. The number of nitrogens with one attached hydrogen (secondary N) is 2. The van der Waals surface area contributed by atoms with Gasteiger partial charge in [0.05, 0.1) is 0 Å². The molecule has 0 aromatic heterocycles. The van der Waals surface area contributed by atoms with Gasteiger partial charge < -0.3 is 15.7 Å². The first-order chi connectivity index (χ1) is 9.29. The average Bonchev–Trinajstić information content (AvgIpc) is 3.15. The van der Waals surface area contributed by atoms with Crippen molar-refractivity contribution >= 4 is 23.8 Å². The van der Waals surface area contributed by atoms with Gasteiger partial charge in [-0.05, 0) is 37.4 Å². The molecule has 0 aliphatic heterocycles. The SMILES string of the molecule is CSC1(CNC(=O)NCCC(C)(C)CCC(=O)O)CC1. The van der Waals surface area contributed by atoms with Gasteiger partial charge in [0.2, 0.25) is 0 Å². The van der Waals surface area contributed by atoms with E-state index in [4.69, 9.17) is 5.11 Å². The molecule has 0 saturated heterocycles. The summed E-state index contributed by atoms with van der Waals surface area (Å²) in [6, 6.07) is -0.126. The minimum atomic E-state index is -0.768. The van der Waals surface area contributed by atoms with Gasteiger partial charge in [0.1, 0.15) is 0 Å². The number of amides is 2. The highest BCUT2D eigenvalue weighted by molar-refractivity contribution is 8.00. The molecule has 0 atom stereocenters. The van der Waals surface area contributed by atoms with Crippen molar-refractivity contribution in [2.45, 2.75) is 50.7 Å². The molecular weight excluding hydrogens is 276 g/mol. The lowest BCUT2D eigenvalue weighted by molar-refractivity contribution is -0.137. The van der Waals surface area contributed by atoms with Crippen molar-refractivity contribution < 1.29 is 14.7 Å². The summed E-state index contributed by atoms with van der Waals surface area (Å²) in [6.45, 7) is 5.36. The number of carbonyl (C=O) groups is 2. The summed E-state index contributed by atoms with van der Waals surface area (Å²) in [5, 5.41) is 14.4. The number of carboxylic acid groups (broad SMARTS) is 1. The van der Waals surface area contributed by atoms with Crippen LogP contribution in [0.2, 0.25) is 0 Å². The Balaban J connectivity index is 2.13. The molecule has 1 aliphatic carbocycles. The second-order valence-corrected chi connectivity index (χ2v) is 7.58. The molecule has 0 spiro atoms. The van der Waals surface area contributed by atoms with Gasteiger partial charge in [-0.3, -0.25) is 4.79 Å². The molecule has 0 aromatic rings. The Morgan fingerprint density at radius 2 is 1.90 bits per heavy atom. The Bertz CT molecular complexity index is 354. The van der Waals surface area contributed by atoms with Crippen molar-refractivity contribution in [3.8, 4) is 0 Å². The minimum Gasteiger partial charge on any atom is -0.481 e. The van der Waals surface area contributed by atoms with Crippen molar-refractivity contribution in [3.05, 3.63) is 0 Å². The highest BCUT2D eigenvalue weighted by atomic mass is 32.2. The molecule has 6 heteroatoms. The van der Waals surface area contributed by atoms with Gasteiger partial charge in [0.15, 0.2) is 0 Å². The number of aliphatic carboxylic acids is 1. The molecule has 0 aromatic carbocycles. The number of hydrogen-bond acceptors (Lipinski definition) is 3. The first kappa shape index (κ1) is 17.1. The van der Waals surface area contributed by atoms with Crippen LogP contribution in [-0.4, -0.2) is 41.2 Å². The average molecular weight is 302 g/mol. The highest BCUT2D eigenvalue weighted by Crippen LogP contribution is 2.46. The minimum absolute atomic E-state index is 0.0668. The summed E-state index contributed by atoms with van der Waals surface area (Å²) in [6.07, 6.45) is 6.02. The van der Waals surface area contributed by atoms with E-state index in [9.17, 15) is 9.59 Å². The van der Waals surface area contributed by atoms with Gasteiger partial charge in [-0.1, -0.05) is 13.8 Å². The standard InChI is InChI=1S/C14H26N2O3S/c1-13(2,5-4-11(17)18)8-9-15-12(19)16-10-14(20-3)6-7-14/h4-10H2,1-3H3,(H,17,18)(H2,15,16,19). The molecule has 0 heterocycles. The maximum atomic E-state index is 11.7. The molecule has 116 valence electrons. The maximum absolute atomic E-state index is 11.7. The monoisotopic (exact) mass is 302 g/mol. The molecule has 1 aliphatic rings. The summed E-state index contributed by atoms with van der Waals surface area (Å²) in [5.74, 6) is -0.768. The van der Waals surface area contributed by atoms with E-state index in [1.54, 1.807) is 0 Å². The molecular formula is C14H26N2O3S. The number of urea groups is 1. The smallest absolute Gasteiger partial charge is 0.314 e. The fraction of sp³-hybridized carbons (Fsp3) is 0.857. The molecule has 1 rings (SSSR count). The van der Waals surface area contributed by atoms with Crippen LogP contribution in [0.25, 0.3) is 0 Å². The van der Waals surface area contributed by atoms with Gasteiger partial charge in [0.25, 0.3) is 0 Å². The number of hydrogen-bond donors (Lipinski definition) is 3. The van der Waals surface area contributed by atoms with Gasteiger partial charge in [-0.2, -0.15) is 11.8 Å². The number of carbonyl (C=O) groups excluding carboxylic acids is 1. The zero-order valence-electron chi connectivity index (χ0n) is 12.6. The third kappa shape index (κ3) is 6.50. The quantitative estimate of drug-likeness (QED) is 0.611. The van der Waals surface area contributed by atoms with E-state index in [-0.39, 0.29) is 22.6 Å². The molecule has 20 heavy (non-hydrogen) atoms. The molecule has 0 bridgehead atoms. The maximum Gasteiger partial charge on any atom is 0.314 e. The Morgan fingerprint density at radius 3 is 2.40 bits per heavy atom. The molecule has 0 unspecified atom stereocenters. The van der Waals surface area contributed by atoms with Crippen LogP contribution in [0.4, 0.5) is 4.79 Å². The van der Waals surface area contributed by atoms with E-state index in [1.807, 2.05) is 25.6 Å². The van der Waals surface area contributed by atoms with Crippen molar-refractivity contribution in [2.75, 3.05) is 19.3 Å². The molecule has 5 nitrogen and oxygen atoms in total. The van der Waals surface area contributed by atoms with Crippen LogP contribution < -0.4 is 10.6 Å². The van der Waals surface area contributed by atoms with Crippen molar-refractivity contribution in [1.29, 1.82) is 0 Å². The lowest BCUT2D eigenvalue weighted by atomic mass is 9.84. The van der Waals surface area contributed by atoms with E-state index in [0.717, 1.165) is 13.0 Å². The summed E-state index contributed by atoms with van der Waals surface area (Å²) >= 11 is 1.82. The molecule has 1 saturated carbocycles. The Labute approximate surface area is 125 Å². The fourth-order valence-electron chi connectivity index (χ4n) is 1.98. The summed E-state index contributed by atoms with van der Waals surface area (Å²) in [4.78, 5) is 22.2.